The first kappa shape index (κ1) is 12.3. The van der Waals surface area contributed by atoms with Crippen LogP contribution in [0.25, 0.3) is 11.2 Å². The van der Waals surface area contributed by atoms with Crippen LogP contribution in [0.2, 0.25) is 0 Å². The van der Waals surface area contributed by atoms with Crippen molar-refractivity contribution >= 4 is 17.1 Å². The molecule has 0 saturated carbocycles. The molecule has 0 fully saturated rings. The standard InChI is InChI=1S/C12H12N6O2/c1-6(12-15-7(2)18-20-12)14-11(19)10-16-8-4-3-5-13-9(8)17-10/h3-6H,1-2H3,(H,14,19)(H,13,16,17)/t6-/m1/s1. The molecule has 0 saturated heterocycles. The number of carbonyl (C=O) groups excluding carboxylic acids is 1. The zero-order valence-electron chi connectivity index (χ0n) is 10.9. The second kappa shape index (κ2) is 4.72. The number of H-pyrrole nitrogens is 1. The van der Waals surface area contributed by atoms with Crippen molar-refractivity contribution in [2.45, 2.75) is 19.9 Å². The fourth-order valence-corrected chi connectivity index (χ4v) is 1.77. The molecule has 3 rings (SSSR count). The van der Waals surface area contributed by atoms with Gasteiger partial charge in [-0.2, -0.15) is 4.98 Å². The molecule has 102 valence electrons. The molecular formula is C12H12N6O2. The Morgan fingerprint density at radius 1 is 1.45 bits per heavy atom. The molecular weight excluding hydrogens is 260 g/mol. The first-order valence-electron chi connectivity index (χ1n) is 6.05. The molecule has 20 heavy (non-hydrogen) atoms. The van der Waals surface area contributed by atoms with E-state index in [1.165, 1.54) is 0 Å². The van der Waals surface area contributed by atoms with Gasteiger partial charge in [-0.15, -0.1) is 0 Å². The maximum Gasteiger partial charge on any atom is 0.287 e. The number of fused-ring (bicyclic) bond motifs is 1. The molecule has 1 atom stereocenters. The summed E-state index contributed by atoms with van der Waals surface area (Å²) in [5.74, 6) is 0.715. The van der Waals surface area contributed by atoms with Crippen molar-refractivity contribution in [3.8, 4) is 0 Å². The third-order valence-electron chi connectivity index (χ3n) is 2.73. The Morgan fingerprint density at radius 3 is 3.00 bits per heavy atom. The van der Waals surface area contributed by atoms with Gasteiger partial charge in [-0.05, 0) is 26.0 Å². The van der Waals surface area contributed by atoms with Gasteiger partial charge in [0.1, 0.15) is 6.04 Å². The molecule has 0 unspecified atom stereocenters. The fraction of sp³-hybridized carbons (Fsp3) is 0.250. The summed E-state index contributed by atoms with van der Waals surface area (Å²) in [5, 5.41) is 6.41. The van der Waals surface area contributed by atoms with Gasteiger partial charge < -0.3 is 14.8 Å². The highest BCUT2D eigenvalue weighted by Gasteiger charge is 2.18. The highest BCUT2D eigenvalue weighted by atomic mass is 16.5. The van der Waals surface area contributed by atoms with E-state index in [0.717, 1.165) is 0 Å². The lowest BCUT2D eigenvalue weighted by atomic mass is 10.3. The van der Waals surface area contributed by atoms with Crippen LogP contribution in [0.1, 0.15) is 35.3 Å². The van der Waals surface area contributed by atoms with Gasteiger partial charge in [-0.1, -0.05) is 5.16 Å². The van der Waals surface area contributed by atoms with Crippen LogP contribution in [0.5, 0.6) is 0 Å². The number of amides is 1. The molecule has 3 aromatic rings. The number of nitrogens with zero attached hydrogens (tertiary/aromatic N) is 4. The molecule has 0 aliphatic rings. The van der Waals surface area contributed by atoms with E-state index in [0.29, 0.717) is 22.9 Å². The van der Waals surface area contributed by atoms with Crippen molar-refractivity contribution in [1.29, 1.82) is 0 Å². The molecule has 0 aliphatic carbocycles. The Hall–Kier alpha value is -2.77. The average Bonchev–Trinajstić information content (AvgIpc) is 3.04. The number of hydrogen-bond donors (Lipinski definition) is 2. The van der Waals surface area contributed by atoms with Gasteiger partial charge in [0, 0.05) is 6.20 Å². The lowest BCUT2D eigenvalue weighted by Crippen LogP contribution is -2.27. The molecule has 0 radical (unpaired) electrons. The molecule has 3 heterocycles. The normalized spacial score (nSPS) is 12.5. The van der Waals surface area contributed by atoms with Crippen LogP contribution < -0.4 is 5.32 Å². The highest BCUT2D eigenvalue weighted by molar-refractivity contribution is 5.93. The van der Waals surface area contributed by atoms with Gasteiger partial charge >= 0.3 is 0 Å². The summed E-state index contributed by atoms with van der Waals surface area (Å²) in [7, 11) is 0. The molecule has 0 aliphatic heterocycles. The first-order valence-corrected chi connectivity index (χ1v) is 6.05. The van der Waals surface area contributed by atoms with Gasteiger partial charge in [0.05, 0.1) is 5.52 Å². The van der Waals surface area contributed by atoms with E-state index in [2.05, 4.69) is 30.4 Å². The Morgan fingerprint density at radius 2 is 2.30 bits per heavy atom. The minimum atomic E-state index is -0.398. The number of carbonyl (C=O) groups is 1. The van der Waals surface area contributed by atoms with Gasteiger partial charge in [-0.25, -0.2) is 9.97 Å². The third-order valence-corrected chi connectivity index (χ3v) is 2.73. The zero-order chi connectivity index (χ0) is 14.1. The summed E-state index contributed by atoms with van der Waals surface area (Å²) in [5.41, 5.74) is 1.21. The summed E-state index contributed by atoms with van der Waals surface area (Å²) in [6.07, 6.45) is 1.62. The zero-order valence-corrected chi connectivity index (χ0v) is 10.9. The summed E-state index contributed by atoms with van der Waals surface area (Å²) < 4.78 is 5.00. The van der Waals surface area contributed by atoms with Crippen LogP contribution in [-0.4, -0.2) is 31.0 Å². The van der Waals surface area contributed by atoms with E-state index < -0.39 is 6.04 Å². The Bertz CT molecular complexity index is 729. The van der Waals surface area contributed by atoms with Crippen molar-refractivity contribution in [2.75, 3.05) is 0 Å². The van der Waals surface area contributed by atoms with Gasteiger partial charge in [0.25, 0.3) is 5.91 Å². The van der Waals surface area contributed by atoms with E-state index in [-0.39, 0.29) is 11.7 Å². The summed E-state index contributed by atoms with van der Waals surface area (Å²) in [6, 6.07) is 3.17. The Labute approximate surface area is 113 Å². The van der Waals surface area contributed by atoms with Gasteiger partial charge in [0.15, 0.2) is 17.3 Å². The van der Waals surface area contributed by atoms with Crippen LogP contribution in [0.15, 0.2) is 22.9 Å². The molecule has 2 N–H and O–H groups in total. The number of aromatic amines is 1. The minimum Gasteiger partial charge on any atom is -0.338 e. The molecule has 8 heteroatoms. The molecule has 0 spiro atoms. The van der Waals surface area contributed by atoms with E-state index in [1.807, 2.05) is 0 Å². The topological polar surface area (TPSA) is 110 Å². The number of aryl methyl sites for hydroxylation is 1. The second-order valence-electron chi connectivity index (χ2n) is 4.33. The number of nitrogens with one attached hydrogen (secondary N) is 2. The van der Waals surface area contributed by atoms with Crippen LogP contribution >= 0.6 is 0 Å². The number of imidazole rings is 1. The maximum absolute atomic E-state index is 12.1. The largest absolute Gasteiger partial charge is 0.338 e. The minimum absolute atomic E-state index is 0.196. The number of pyridine rings is 1. The smallest absolute Gasteiger partial charge is 0.287 e. The lowest BCUT2D eigenvalue weighted by molar-refractivity contribution is 0.0923. The maximum atomic E-state index is 12.1. The van der Waals surface area contributed by atoms with Crippen LogP contribution in [0, 0.1) is 6.92 Å². The number of hydrogen-bond acceptors (Lipinski definition) is 6. The summed E-state index contributed by atoms with van der Waals surface area (Å²) >= 11 is 0. The third kappa shape index (κ3) is 2.22. The van der Waals surface area contributed by atoms with Gasteiger partial charge in [-0.3, -0.25) is 4.79 Å². The number of aromatic nitrogens is 5. The van der Waals surface area contributed by atoms with E-state index in [4.69, 9.17) is 4.52 Å². The van der Waals surface area contributed by atoms with Crippen molar-refractivity contribution in [2.24, 2.45) is 0 Å². The first-order chi connectivity index (χ1) is 9.63. The Kier molecular flexibility index (Phi) is 2.90. The van der Waals surface area contributed by atoms with Crippen molar-refractivity contribution in [3.05, 3.63) is 35.9 Å². The SMILES string of the molecule is Cc1noc([C@@H](C)NC(=O)c2nc3ncccc3[nH]2)n1. The van der Waals surface area contributed by atoms with E-state index in [1.54, 1.807) is 32.2 Å². The second-order valence-corrected chi connectivity index (χ2v) is 4.33. The summed E-state index contributed by atoms with van der Waals surface area (Å²) in [4.78, 5) is 27.2. The molecule has 3 aromatic heterocycles. The molecule has 0 bridgehead atoms. The highest BCUT2D eigenvalue weighted by Crippen LogP contribution is 2.11. The van der Waals surface area contributed by atoms with Crippen molar-refractivity contribution < 1.29 is 9.32 Å². The van der Waals surface area contributed by atoms with E-state index in [9.17, 15) is 4.79 Å². The molecule has 0 aromatic carbocycles. The predicted octanol–water partition coefficient (Wildman–Crippen LogP) is 1.14. The van der Waals surface area contributed by atoms with Crippen LogP contribution in [0.3, 0.4) is 0 Å². The van der Waals surface area contributed by atoms with Crippen LogP contribution in [-0.2, 0) is 0 Å². The van der Waals surface area contributed by atoms with Crippen molar-refractivity contribution in [1.82, 2.24) is 30.4 Å². The van der Waals surface area contributed by atoms with Crippen molar-refractivity contribution in [3.63, 3.8) is 0 Å². The van der Waals surface area contributed by atoms with E-state index >= 15 is 0 Å². The quantitative estimate of drug-likeness (QED) is 0.739. The molecule has 8 nitrogen and oxygen atoms in total. The molecule has 1 amide bonds. The predicted molar refractivity (Wildman–Crippen MR) is 68.8 cm³/mol. The summed E-state index contributed by atoms with van der Waals surface area (Å²) in [6.45, 7) is 3.47. The average molecular weight is 272 g/mol. The monoisotopic (exact) mass is 272 g/mol. The Balaban J connectivity index is 1.78. The lowest BCUT2D eigenvalue weighted by Gasteiger charge is -2.07. The fourth-order valence-electron chi connectivity index (χ4n) is 1.77. The van der Waals surface area contributed by atoms with Gasteiger partial charge in [0.2, 0.25) is 5.89 Å². The number of rotatable bonds is 3. The van der Waals surface area contributed by atoms with Crippen LogP contribution in [0.4, 0.5) is 0 Å².